The van der Waals surface area contributed by atoms with Crippen LogP contribution in [0.25, 0.3) is 0 Å². The third-order valence-corrected chi connectivity index (χ3v) is 12.3. The number of fused-ring (bicyclic) bond motifs is 2. The topological polar surface area (TPSA) is 17.1 Å². The maximum absolute atomic E-state index is 9.75. The third-order valence-electron chi connectivity index (χ3n) is 7.04. The van der Waals surface area contributed by atoms with Crippen molar-refractivity contribution in [2.24, 2.45) is 11.8 Å². The Hall–Kier alpha value is -2.70. The van der Waals surface area contributed by atoms with Gasteiger partial charge in [0.15, 0.2) is 0 Å². The van der Waals surface area contributed by atoms with E-state index in [9.17, 15) is 22.1 Å². The van der Waals surface area contributed by atoms with Crippen LogP contribution in [-0.4, -0.2) is 25.4 Å². The standard InChI is InChI=1S/C28H28P2.C7H8.C3H6O.BF4.Rh/c1-5-15-25(16-6-1)29(26-17-7-2-8-18-26)23-13-14-24-30(27-19-9-3-10-20-27)28-21-11-4-12-22-28;1-2-7-4-3-6(1)5-7;1-3(2)4;2-1(3,4)5;/h1-12,15-22H,13-14,23-24H2;1-4,6-7H,5H2;1-2H3;;/q;;;-1;. The van der Waals surface area contributed by atoms with E-state index in [1.54, 1.807) is 0 Å². The monoisotopic (exact) mass is 766 g/mol. The molecule has 0 N–H and O–H groups in total. The first kappa shape index (κ1) is 40.5. The minimum Gasteiger partial charge on any atom is -0.418 e. The SMILES string of the molecule is C1=CC2C=CC1C2.CC(C)=O.F[B-](F)(F)F.[Rh].c1ccc(P(CCCCP(c2ccccc2)c2ccccc2)c2ccccc2)cc1. The molecule has 4 aromatic rings. The maximum atomic E-state index is 9.75. The Kier molecular flexibility index (Phi) is 19.0. The van der Waals surface area contributed by atoms with Crippen molar-refractivity contribution in [1.29, 1.82) is 0 Å². The molecule has 0 amide bonds. The summed E-state index contributed by atoms with van der Waals surface area (Å²) in [6.07, 6.45) is 15.6. The molecule has 0 saturated heterocycles. The molecule has 47 heavy (non-hydrogen) atoms. The van der Waals surface area contributed by atoms with Gasteiger partial charge in [0.25, 0.3) is 0 Å². The molecule has 0 aliphatic heterocycles. The summed E-state index contributed by atoms with van der Waals surface area (Å²) in [5.41, 5.74) is 0. The van der Waals surface area contributed by atoms with Gasteiger partial charge in [0.2, 0.25) is 0 Å². The molecule has 4 aromatic carbocycles. The van der Waals surface area contributed by atoms with Crippen LogP contribution in [0.2, 0.25) is 0 Å². The molecule has 2 bridgehead atoms. The molecule has 0 unspecified atom stereocenters. The molecule has 0 atom stereocenters. The van der Waals surface area contributed by atoms with E-state index in [2.05, 4.69) is 146 Å². The van der Waals surface area contributed by atoms with Gasteiger partial charge in [-0.25, -0.2) is 0 Å². The summed E-state index contributed by atoms with van der Waals surface area (Å²) in [7, 11) is -6.57. The Morgan fingerprint density at radius 2 is 0.766 bits per heavy atom. The molecule has 251 valence electrons. The van der Waals surface area contributed by atoms with E-state index in [1.807, 2.05) is 0 Å². The van der Waals surface area contributed by atoms with Crippen LogP contribution >= 0.6 is 15.8 Å². The van der Waals surface area contributed by atoms with E-state index in [0.29, 0.717) is 0 Å². The molecule has 0 heterocycles. The number of ketones is 1. The van der Waals surface area contributed by atoms with Crippen LogP contribution in [0.5, 0.6) is 0 Å². The Labute approximate surface area is 293 Å². The average molecular weight is 766 g/mol. The Morgan fingerprint density at radius 1 is 0.553 bits per heavy atom. The second kappa shape index (κ2) is 22.0. The van der Waals surface area contributed by atoms with E-state index in [0.717, 1.165) is 11.8 Å². The van der Waals surface area contributed by atoms with Crippen molar-refractivity contribution in [3.8, 4) is 0 Å². The molecular weight excluding hydrogens is 724 g/mol. The van der Waals surface area contributed by atoms with Gasteiger partial charge in [-0.2, -0.15) is 0 Å². The van der Waals surface area contributed by atoms with Crippen LogP contribution in [0, 0.1) is 11.8 Å². The normalized spacial score (nSPS) is 15.4. The first-order chi connectivity index (χ1) is 22.1. The predicted octanol–water partition coefficient (Wildman–Crippen LogP) is 9.67. The second-order valence-corrected chi connectivity index (χ2v) is 15.8. The number of rotatable bonds is 9. The average Bonchev–Trinajstić information content (AvgIpc) is 3.71. The van der Waals surface area contributed by atoms with Crippen LogP contribution in [0.4, 0.5) is 17.3 Å². The number of benzene rings is 4. The van der Waals surface area contributed by atoms with Crippen molar-refractivity contribution >= 4 is 50.1 Å². The quantitative estimate of drug-likeness (QED) is 0.0546. The number of unbranched alkanes of at least 4 members (excludes halogenated alkanes) is 1. The van der Waals surface area contributed by atoms with Crippen molar-refractivity contribution < 1.29 is 41.5 Å². The molecule has 1 nitrogen and oxygen atoms in total. The van der Waals surface area contributed by atoms with E-state index in [1.165, 1.54) is 66.7 Å². The Bertz CT molecular complexity index is 1270. The summed E-state index contributed by atoms with van der Waals surface area (Å²) in [6.45, 7) is 3.06. The van der Waals surface area contributed by atoms with Crippen molar-refractivity contribution in [2.75, 3.05) is 12.3 Å². The fourth-order valence-electron chi connectivity index (χ4n) is 5.11. The zero-order valence-corrected chi connectivity index (χ0v) is 30.2. The second-order valence-electron chi connectivity index (χ2n) is 11.1. The summed E-state index contributed by atoms with van der Waals surface area (Å²) in [4.78, 5) is 9.44. The largest absolute Gasteiger partial charge is 0.673 e. The van der Waals surface area contributed by atoms with Gasteiger partial charge in [-0.15, -0.1) is 0 Å². The number of hydrogen-bond donors (Lipinski definition) is 0. The van der Waals surface area contributed by atoms with Gasteiger partial charge in [-0.05, 0) is 94.3 Å². The van der Waals surface area contributed by atoms with Crippen LogP contribution in [-0.2, 0) is 24.3 Å². The van der Waals surface area contributed by atoms with Crippen LogP contribution in [0.15, 0.2) is 146 Å². The zero-order valence-electron chi connectivity index (χ0n) is 26.8. The molecule has 9 heteroatoms. The van der Waals surface area contributed by atoms with Crippen molar-refractivity contribution in [1.82, 2.24) is 0 Å². The van der Waals surface area contributed by atoms with Gasteiger partial charge in [0.05, 0.1) is 0 Å². The first-order valence-electron chi connectivity index (χ1n) is 15.6. The minimum absolute atomic E-state index is 0. The molecule has 0 fully saturated rings. The molecule has 1 radical (unpaired) electrons. The number of halogens is 4. The molecular formula is C38H42BF4OP2Rh-. The van der Waals surface area contributed by atoms with Crippen LogP contribution < -0.4 is 21.2 Å². The molecule has 0 aromatic heterocycles. The molecule has 2 aliphatic rings. The van der Waals surface area contributed by atoms with Crippen molar-refractivity contribution in [3.05, 3.63) is 146 Å². The van der Waals surface area contributed by atoms with Crippen molar-refractivity contribution in [2.45, 2.75) is 33.1 Å². The predicted molar refractivity (Wildman–Crippen MR) is 194 cm³/mol. The van der Waals surface area contributed by atoms with Crippen LogP contribution in [0.3, 0.4) is 0 Å². The summed E-state index contributed by atoms with van der Waals surface area (Å²) < 4.78 is 39.0. The number of allylic oxidation sites excluding steroid dienone is 4. The number of carbonyl (C=O) groups excluding carboxylic acids is 1. The summed E-state index contributed by atoms with van der Waals surface area (Å²) in [6, 6.07) is 44.3. The first-order valence-corrected chi connectivity index (χ1v) is 18.6. The fourth-order valence-corrected chi connectivity index (χ4v) is 9.95. The third kappa shape index (κ3) is 16.8. The summed E-state index contributed by atoms with van der Waals surface area (Å²) >= 11 is 0. The van der Waals surface area contributed by atoms with Gasteiger partial charge in [0.1, 0.15) is 5.78 Å². The van der Waals surface area contributed by atoms with Gasteiger partial charge in [-0.3, -0.25) is 0 Å². The van der Waals surface area contributed by atoms with Gasteiger partial charge >= 0.3 is 7.25 Å². The van der Waals surface area contributed by atoms with Crippen molar-refractivity contribution in [3.63, 3.8) is 0 Å². The van der Waals surface area contributed by atoms with E-state index >= 15 is 0 Å². The van der Waals surface area contributed by atoms with Gasteiger partial charge < -0.3 is 22.1 Å². The number of carbonyl (C=O) groups is 1. The van der Waals surface area contributed by atoms with E-state index in [4.69, 9.17) is 0 Å². The zero-order chi connectivity index (χ0) is 33.2. The minimum atomic E-state index is -6.00. The van der Waals surface area contributed by atoms with E-state index in [-0.39, 0.29) is 41.1 Å². The molecule has 0 spiro atoms. The smallest absolute Gasteiger partial charge is 0.418 e. The maximum Gasteiger partial charge on any atom is 0.673 e. The molecule has 0 saturated carbocycles. The number of Topliss-reactive ketones (excluding diaryl/α,β-unsaturated/α-hetero) is 1. The van der Waals surface area contributed by atoms with E-state index < -0.39 is 7.25 Å². The molecule has 2 aliphatic carbocycles. The number of hydrogen-bond acceptors (Lipinski definition) is 1. The van der Waals surface area contributed by atoms with Crippen LogP contribution in [0.1, 0.15) is 33.1 Å². The van der Waals surface area contributed by atoms with Gasteiger partial charge in [0, 0.05) is 19.5 Å². The van der Waals surface area contributed by atoms with Gasteiger partial charge in [-0.1, -0.05) is 146 Å². The Balaban J connectivity index is 0.000000369. The summed E-state index contributed by atoms with van der Waals surface area (Å²) in [5.74, 6) is 1.79. The summed E-state index contributed by atoms with van der Waals surface area (Å²) in [5, 5.41) is 5.97. The Morgan fingerprint density at radius 3 is 0.936 bits per heavy atom. The fraction of sp³-hybridized carbons (Fsp3) is 0.237. The molecule has 6 rings (SSSR count).